The van der Waals surface area contributed by atoms with E-state index in [4.69, 9.17) is 9.47 Å². The molecule has 0 bridgehead atoms. The van der Waals surface area contributed by atoms with Gasteiger partial charge in [0.05, 0.1) is 19.8 Å². The molecule has 6 heteroatoms. The van der Waals surface area contributed by atoms with Gasteiger partial charge in [0.2, 0.25) is 5.91 Å². The second kappa shape index (κ2) is 8.36. The molecule has 1 fully saturated rings. The van der Waals surface area contributed by atoms with E-state index in [1.807, 2.05) is 6.07 Å². The van der Waals surface area contributed by atoms with Crippen molar-refractivity contribution >= 4 is 18.3 Å². The first kappa shape index (κ1) is 17.1. The molecule has 122 valence electrons. The summed E-state index contributed by atoms with van der Waals surface area (Å²) in [6.07, 6.45) is 2.33. The molecule has 2 heterocycles. The molecule has 0 spiro atoms. The van der Waals surface area contributed by atoms with E-state index < -0.39 is 0 Å². The lowest BCUT2D eigenvalue weighted by molar-refractivity contribution is -0.122. The fraction of sp³-hybridized carbons (Fsp3) is 0.562. The summed E-state index contributed by atoms with van der Waals surface area (Å²) >= 11 is 0. The molecule has 1 aromatic rings. The van der Waals surface area contributed by atoms with Crippen LogP contribution in [0.1, 0.15) is 17.5 Å². The number of amides is 1. The molecular formula is C16H23ClN2O3. The van der Waals surface area contributed by atoms with Crippen LogP contribution in [0.4, 0.5) is 0 Å². The van der Waals surface area contributed by atoms with E-state index in [0.717, 1.165) is 38.3 Å². The number of fused-ring (bicyclic) bond motifs is 1. The number of benzene rings is 1. The lowest BCUT2D eigenvalue weighted by Gasteiger charge is -2.23. The highest BCUT2D eigenvalue weighted by Gasteiger charge is 2.16. The molecule has 22 heavy (non-hydrogen) atoms. The lowest BCUT2D eigenvalue weighted by Crippen LogP contribution is -2.44. The summed E-state index contributed by atoms with van der Waals surface area (Å²) < 4.78 is 10.8. The quantitative estimate of drug-likeness (QED) is 0.850. The van der Waals surface area contributed by atoms with Gasteiger partial charge in [-0.2, -0.15) is 0 Å². The lowest BCUT2D eigenvalue weighted by atomic mass is 10.1. The predicted octanol–water partition coefficient (Wildman–Crippen LogP) is 1.08. The van der Waals surface area contributed by atoms with Crippen molar-refractivity contribution in [3.8, 4) is 5.75 Å². The van der Waals surface area contributed by atoms with Crippen LogP contribution in [0.3, 0.4) is 0 Å². The van der Waals surface area contributed by atoms with Gasteiger partial charge >= 0.3 is 0 Å². The van der Waals surface area contributed by atoms with Crippen LogP contribution in [-0.4, -0.2) is 44.9 Å². The van der Waals surface area contributed by atoms with E-state index in [-0.39, 0.29) is 24.4 Å². The van der Waals surface area contributed by atoms with Gasteiger partial charge in [0.25, 0.3) is 0 Å². The number of carbonyl (C=O) groups is 1. The molecule has 1 aromatic carbocycles. The summed E-state index contributed by atoms with van der Waals surface area (Å²) in [7, 11) is 0. The van der Waals surface area contributed by atoms with Gasteiger partial charge in [-0.1, -0.05) is 12.1 Å². The Morgan fingerprint density at radius 1 is 1.36 bits per heavy atom. The van der Waals surface area contributed by atoms with Gasteiger partial charge in [0.15, 0.2) is 0 Å². The second-order valence-electron chi connectivity index (χ2n) is 5.57. The monoisotopic (exact) mass is 326 g/mol. The minimum Gasteiger partial charge on any atom is -0.493 e. The first-order valence-electron chi connectivity index (χ1n) is 7.64. The molecule has 0 aliphatic carbocycles. The van der Waals surface area contributed by atoms with Gasteiger partial charge in [-0.25, -0.2) is 0 Å². The van der Waals surface area contributed by atoms with Gasteiger partial charge in [-0.05, 0) is 23.6 Å². The molecule has 3 rings (SSSR count). The molecule has 0 saturated carbocycles. The fourth-order valence-corrected chi connectivity index (χ4v) is 2.79. The summed E-state index contributed by atoms with van der Waals surface area (Å²) in [5.41, 5.74) is 2.53. The van der Waals surface area contributed by atoms with E-state index in [9.17, 15) is 4.79 Å². The number of hydrogen-bond donors (Lipinski definition) is 2. The van der Waals surface area contributed by atoms with Crippen LogP contribution in [-0.2, 0) is 22.4 Å². The number of ether oxygens (including phenoxy) is 2. The maximum Gasteiger partial charge on any atom is 0.221 e. The van der Waals surface area contributed by atoms with Gasteiger partial charge < -0.3 is 20.1 Å². The molecular weight excluding hydrogens is 304 g/mol. The van der Waals surface area contributed by atoms with Crippen molar-refractivity contribution in [2.24, 2.45) is 0 Å². The third kappa shape index (κ3) is 4.60. The van der Waals surface area contributed by atoms with Crippen LogP contribution in [0, 0.1) is 0 Å². The molecule has 0 aromatic heterocycles. The normalized spacial score (nSPS) is 19.7. The molecule has 2 aliphatic rings. The molecule has 5 nitrogen and oxygen atoms in total. The maximum absolute atomic E-state index is 11.9. The summed E-state index contributed by atoms with van der Waals surface area (Å²) in [4.78, 5) is 11.9. The number of halogens is 1. The van der Waals surface area contributed by atoms with Crippen molar-refractivity contribution in [1.82, 2.24) is 10.6 Å². The molecule has 2 N–H and O–H groups in total. The van der Waals surface area contributed by atoms with Crippen LogP contribution in [0.2, 0.25) is 0 Å². The van der Waals surface area contributed by atoms with Gasteiger partial charge in [-0.3, -0.25) is 4.79 Å². The van der Waals surface area contributed by atoms with Gasteiger partial charge in [-0.15, -0.1) is 12.4 Å². The van der Waals surface area contributed by atoms with Gasteiger partial charge in [0, 0.05) is 32.0 Å². The van der Waals surface area contributed by atoms with E-state index in [2.05, 4.69) is 22.8 Å². The minimum absolute atomic E-state index is 0. The first-order chi connectivity index (χ1) is 10.3. The van der Waals surface area contributed by atoms with Crippen molar-refractivity contribution in [2.45, 2.75) is 25.3 Å². The average Bonchev–Trinajstić information content (AvgIpc) is 2.96. The van der Waals surface area contributed by atoms with Crippen molar-refractivity contribution in [3.05, 3.63) is 29.3 Å². The van der Waals surface area contributed by atoms with Crippen molar-refractivity contribution in [3.63, 3.8) is 0 Å². The molecule has 1 unspecified atom stereocenters. The molecule has 2 aliphatic heterocycles. The van der Waals surface area contributed by atoms with E-state index in [1.165, 1.54) is 11.1 Å². The number of morpholine rings is 1. The Hall–Kier alpha value is -1.30. The smallest absolute Gasteiger partial charge is 0.221 e. The number of nitrogens with one attached hydrogen (secondary N) is 2. The van der Waals surface area contributed by atoms with Crippen molar-refractivity contribution in [1.29, 1.82) is 0 Å². The third-order valence-electron chi connectivity index (χ3n) is 3.92. The second-order valence-corrected chi connectivity index (χ2v) is 5.57. The highest BCUT2D eigenvalue weighted by molar-refractivity contribution is 5.85. The Kier molecular flexibility index (Phi) is 6.49. The fourth-order valence-electron chi connectivity index (χ4n) is 2.79. The van der Waals surface area contributed by atoms with Crippen LogP contribution in [0.15, 0.2) is 18.2 Å². The zero-order valence-electron chi connectivity index (χ0n) is 12.6. The minimum atomic E-state index is 0. The number of carbonyl (C=O) groups excluding carboxylic acids is 1. The zero-order valence-corrected chi connectivity index (χ0v) is 13.4. The topological polar surface area (TPSA) is 59.6 Å². The maximum atomic E-state index is 11.9. The summed E-state index contributed by atoms with van der Waals surface area (Å²) in [5, 5.41) is 6.27. The molecule has 1 saturated heterocycles. The zero-order chi connectivity index (χ0) is 14.5. The van der Waals surface area contributed by atoms with E-state index in [1.54, 1.807) is 0 Å². The molecule has 1 atom stereocenters. The predicted molar refractivity (Wildman–Crippen MR) is 86.8 cm³/mol. The summed E-state index contributed by atoms with van der Waals surface area (Å²) in [6.45, 7) is 3.64. The number of rotatable bonds is 5. The van der Waals surface area contributed by atoms with Crippen LogP contribution in [0.5, 0.6) is 5.75 Å². The summed E-state index contributed by atoms with van der Waals surface area (Å²) in [6, 6.07) is 6.44. The van der Waals surface area contributed by atoms with Crippen LogP contribution < -0.4 is 15.4 Å². The van der Waals surface area contributed by atoms with E-state index in [0.29, 0.717) is 19.6 Å². The van der Waals surface area contributed by atoms with Gasteiger partial charge in [0.1, 0.15) is 5.75 Å². The SMILES string of the molecule is Cl.O=C(CC1COCCN1)NCCc1ccc2c(c1)CCO2. The number of hydrogen-bond acceptors (Lipinski definition) is 4. The summed E-state index contributed by atoms with van der Waals surface area (Å²) in [5.74, 6) is 1.09. The first-order valence-corrected chi connectivity index (χ1v) is 7.64. The van der Waals surface area contributed by atoms with E-state index >= 15 is 0 Å². The standard InChI is InChI=1S/C16H22N2O3.ClH/c19-16(10-14-11-20-8-6-17-14)18-5-3-12-1-2-15-13(9-12)4-7-21-15;/h1-2,9,14,17H,3-8,10-11H2,(H,18,19);1H. The van der Waals surface area contributed by atoms with Crippen LogP contribution >= 0.6 is 12.4 Å². The Morgan fingerprint density at radius 3 is 3.09 bits per heavy atom. The van der Waals surface area contributed by atoms with Crippen LogP contribution in [0.25, 0.3) is 0 Å². The Bertz CT molecular complexity index is 504. The molecule has 1 amide bonds. The Balaban J connectivity index is 0.00000176. The average molecular weight is 327 g/mol. The highest BCUT2D eigenvalue weighted by Crippen LogP contribution is 2.25. The largest absolute Gasteiger partial charge is 0.493 e. The Labute approximate surface area is 137 Å². The Morgan fingerprint density at radius 2 is 2.27 bits per heavy atom. The highest BCUT2D eigenvalue weighted by atomic mass is 35.5. The van der Waals surface area contributed by atoms with Crippen molar-refractivity contribution < 1.29 is 14.3 Å². The third-order valence-corrected chi connectivity index (χ3v) is 3.92. The molecule has 0 radical (unpaired) electrons. The van der Waals surface area contributed by atoms with Crippen molar-refractivity contribution in [2.75, 3.05) is 32.9 Å².